The van der Waals surface area contributed by atoms with E-state index in [4.69, 9.17) is 4.74 Å². The number of morpholine rings is 1. The van der Waals surface area contributed by atoms with Crippen molar-refractivity contribution in [1.82, 2.24) is 15.2 Å². The number of ether oxygens (including phenoxy) is 1. The molecule has 6 heteroatoms. The van der Waals surface area contributed by atoms with E-state index in [1.165, 1.54) is 0 Å². The van der Waals surface area contributed by atoms with Crippen LogP contribution in [0.5, 0.6) is 0 Å². The minimum atomic E-state index is -0.0256. The van der Waals surface area contributed by atoms with Crippen LogP contribution in [0.15, 0.2) is 5.38 Å². The Bertz CT molecular complexity index is 408. The molecule has 1 fully saturated rings. The molecule has 1 aromatic heterocycles. The van der Waals surface area contributed by atoms with Crippen LogP contribution in [0.25, 0.3) is 0 Å². The Balaban J connectivity index is 1.80. The van der Waals surface area contributed by atoms with Gasteiger partial charge in [0.25, 0.3) is 0 Å². The quantitative estimate of drug-likeness (QED) is 0.910. The van der Waals surface area contributed by atoms with Gasteiger partial charge in [-0.1, -0.05) is 6.92 Å². The molecule has 0 spiro atoms. The number of thiazole rings is 1. The van der Waals surface area contributed by atoms with E-state index in [1.54, 1.807) is 11.3 Å². The molecule has 0 saturated carbocycles. The molecule has 0 aromatic carbocycles. The first-order valence-corrected chi connectivity index (χ1v) is 7.12. The smallest absolute Gasteiger partial charge is 0.317 e. The standard InChI is InChI=1S/C12H19N3O2S/c1-3-11-7-15(4-5-17-11)12(16)13-6-10-8-18-9(2)14-10/h8,11H,3-7H2,1-2H3,(H,13,16)/t11-/m1/s1. The van der Waals surface area contributed by atoms with Crippen molar-refractivity contribution >= 4 is 17.4 Å². The lowest BCUT2D eigenvalue weighted by Crippen LogP contribution is -2.49. The summed E-state index contributed by atoms with van der Waals surface area (Å²) in [6, 6.07) is -0.0256. The summed E-state index contributed by atoms with van der Waals surface area (Å²) in [7, 11) is 0. The maximum Gasteiger partial charge on any atom is 0.317 e. The van der Waals surface area contributed by atoms with E-state index in [0.717, 1.165) is 17.1 Å². The maximum atomic E-state index is 12.0. The zero-order chi connectivity index (χ0) is 13.0. The fourth-order valence-electron chi connectivity index (χ4n) is 1.92. The molecule has 0 aliphatic carbocycles. The number of carbonyl (C=O) groups excluding carboxylic acids is 1. The predicted molar refractivity (Wildman–Crippen MR) is 70.7 cm³/mol. The molecule has 1 aliphatic heterocycles. The van der Waals surface area contributed by atoms with Gasteiger partial charge >= 0.3 is 6.03 Å². The summed E-state index contributed by atoms with van der Waals surface area (Å²) < 4.78 is 5.54. The molecule has 0 unspecified atom stereocenters. The van der Waals surface area contributed by atoms with Gasteiger partial charge in [-0.25, -0.2) is 9.78 Å². The third-order valence-corrected chi connectivity index (χ3v) is 3.79. The molecule has 18 heavy (non-hydrogen) atoms. The van der Waals surface area contributed by atoms with Crippen LogP contribution in [0, 0.1) is 6.92 Å². The van der Waals surface area contributed by atoms with Crippen molar-refractivity contribution in [2.45, 2.75) is 32.9 Å². The van der Waals surface area contributed by atoms with E-state index in [0.29, 0.717) is 26.2 Å². The van der Waals surface area contributed by atoms with Gasteiger partial charge in [0.15, 0.2) is 0 Å². The molecule has 0 radical (unpaired) electrons. The average molecular weight is 269 g/mol. The number of nitrogens with one attached hydrogen (secondary N) is 1. The van der Waals surface area contributed by atoms with E-state index < -0.39 is 0 Å². The number of carbonyl (C=O) groups is 1. The van der Waals surface area contributed by atoms with E-state index in [-0.39, 0.29) is 12.1 Å². The number of urea groups is 1. The molecule has 5 nitrogen and oxygen atoms in total. The van der Waals surface area contributed by atoms with Gasteiger partial charge in [-0.3, -0.25) is 0 Å². The van der Waals surface area contributed by atoms with Crippen molar-refractivity contribution in [1.29, 1.82) is 0 Å². The lowest BCUT2D eigenvalue weighted by molar-refractivity contribution is -0.0154. The molecule has 2 heterocycles. The number of amides is 2. The molecule has 1 aromatic rings. The normalized spacial score (nSPS) is 19.9. The van der Waals surface area contributed by atoms with Gasteiger partial charge in [0.05, 0.1) is 30.0 Å². The van der Waals surface area contributed by atoms with Gasteiger partial charge < -0.3 is 15.0 Å². The van der Waals surface area contributed by atoms with Crippen molar-refractivity contribution in [2.24, 2.45) is 0 Å². The van der Waals surface area contributed by atoms with Gasteiger partial charge in [0.1, 0.15) is 0 Å². The number of hydrogen-bond acceptors (Lipinski definition) is 4. The predicted octanol–water partition coefficient (Wildman–Crippen LogP) is 1.77. The summed E-state index contributed by atoms with van der Waals surface area (Å²) in [6.07, 6.45) is 1.11. The fourth-order valence-corrected chi connectivity index (χ4v) is 2.53. The second kappa shape index (κ2) is 6.15. The fraction of sp³-hybridized carbons (Fsp3) is 0.667. The first kappa shape index (κ1) is 13.3. The van der Waals surface area contributed by atoms with Crippen molar-refractivity contribution in [3.05, 3.63) is 16.1 Å². The molecular formula is C12H19N3O2S. The Morgan fingerprint density at radius 3 is 3.22 bits per heavy atom. The molecule has 0 bridgehead atoms. The summed E-state index contributed by atoms with van der Waals surface area (Å²) in [4.78, 5) is 18.1. The van der Waals surface area contributed by atoms with Gasteiger partial charge in [-0.05, 0) is 13.3 Å². The number of nitrogens with zero attached hydrogens (tertiary/aromatic N) is 2. The van der Waals surface area contributed by atoms with Crippen molar-refractivity contribution < 1.29 is 9.53 Å². The molecule has 2 rings (SSSR count). The van der Waals surface area contributed by atoms with Crippen LogP contribution in [0.4, 0.5) is 4.79 Å². The Hall–Kier alpha value is -1.14. The van der Waals surface area contributed by atoms with Crippen LogP contribution in [-0.4, -0.2) is 41.7 Å². The summed E-state index contributed by atoms with van der Waals surface area (Å²) in [5, 5.41) is 5.90. The SMILES string of the molecule is CC[C@@H]1CN(C(=O)NCc2csc(C)n2)CCO1. The first-order valence-electron chi connectivity index (χ1n) is 6.24. The number of rotatable bonds is 3. The number of aryl methyl sites for hydroxylation is 1. The monoisotopic (exact) mass is 269 g/mol. The van der Waals surface area contributed by atoms with Crippen molar-refractivity contribution in [3.8, 4) is 0 Å². The summed E-state index contributed by atoms with van der Waals surface area (Å²) in [5.74, 6) is 0. The first-order chi connectivity index (χ1) is 8.69. The molecule has 2 amide bonds. The zero-order valence-corrected chi connectivity index (χ0v) is 11.6. The van der Waals surface area contributed by atoms with E-state index in [9.17, 15) is 4.79 Å². The highest BCUT2D eigenvalue weighted by molar-refractivity contribution is 7.09. The highest BCUT2D eigenvalue weighted by Crippen LogP contribution is 2.10. The topological polar surface area (TPSA) is 54.5 Å². The van der Waals surface area contributed by atoms with E-state index in [1.807, 2.05) is 17.2 Å². The molecule has 1 atom stereocenters. The minimum Gasteiger partial charge on any atom is -0.375 e. The second-order valence-corrected chi connectivity index (χ2v) is 5.43. The minimum absolute atomic E-state index is 0.0256. The molecule has 100 valence electrons. The van der Waals surface area contributed by atoms with Crippen LogP contribution in [0.3, 0.4) is 0 Å². The zero-order valence-electron chi connectivity index (χ0n) is 10.8. The Morgan fingerprint density at radius 1 is 1.72 bits per heavy atom. The van der Waals surface area contributed by atoms with Crippen LogP contribution < -0.4 is 5.32 Å². The third-order valence-electron chi connectivity index (χ3n) is 2.97. The third kappa shape index (κ3) is 3.43. The van der Waals surface area contributed by atoms with E-state index >= 15 is 0 Å². The Morgan fingerprint density at radius 2 is 2.56 bits per heavy atom. The Kier molecular flexibility index (Phi) is 4.54. The second-order valence-electron chi connectivity index (χ2n) is 4.36. The molecular weight excluding hydrogens is 250 g/mol. The highest BCUT2D eigenvalue weighted by atomic mass is 32.1. The summed E-state index contributed by atoms with van der Waals surface area (Å²) in [5.41, 5.74) is 0.922. The lowest BCUT2D eigenvalue weighted by atomic mass is 10.2. The number of hydrogen-bond donors (Lipinski definition) is 1. The van der Waals surface area contributed by atoms with Gasteiger partial charge in [0, 0.05) is 18.5 Å². The van der Waals surface area contributed by atoms with E-state index in [2.05, 4.69) is 17.2 Å². The molecule has 1 saturated heterocycles. The average Bonchev–Trinajstić information content (AvgIpc) is 2.82. The Labute approximate surface area is 111 Å². The molecule has 1 N–H and O–H groups in total. The van der Waals surface area contributed by atoms with Crippen LogP contribution in [0.2, 0.25) is 0 Å². The van der Waals surface area contributed by atoms with Crippen molar-refractivity contribution in [2.75, 3.05) is 19.7 Å². The molecule has 1 aliphatic rings. The number of aromatic nitrogens is 1. The maximum absolute atomic E-state index is 12.0. The van der Waals surface area contributed by atoms with Crippen molar-refractivity contribution in [3.63, 3.8) is 0 Å². The van der Waals surface area contributed by atoms with Gasteiger partial charge in [-0.15, -0.1) is 11.3 Å². The van der Waals surface area contributed by atoms with Crippen LogP contribution in [0.1, 0.15) is 24.0 Å². The largest absolute Gasteiger partial charge is 0.375 e. The lowest BCUT2D eigenvalue weighted by Gasteiger charge is -2.32. The van der Waals surface area contributed by atoms with Gasteiger partial charge in [0.2, 0.25) is 0 Å². The van der Waals surface area contributed by atoms with Crippen LogP contribution in [-0.2, 0) is 11.3 Å². The van der Waals surface area contributed by atoms with Crippen LogP contribution >= 0.6 is 11.3 Å². The highest BCUT2D eigenvalue weighted by Gasteiger charge is 2.22. The van der Waals surface area contributed by atoms with Gasteiger partial charge in [-0.2, -0.15) is 0 Å². The summed E-state index contributed by atoms with van der Waals surface area (Å²) in [6.45, 7) is 6.50. The summed E-state index contributed by atoms with van der Waals surface area (Å²) >= 11 is 1.60.